The zero-order valence-electron chi connectivity index (χ0n) is 16.9. The maximum absolute atomic E-state index is 13.3. The number of aryl methyl sites for hydroxylation is 2. The van der Waals surface area contributed by atoms with Crippen LogP contribution in [0.2, 0.25) is 0 Å². The lowest BCUT2D eigenvalue weighted by Crippen LogP contribution is -2.28. The smallest absolute Gasteiger partial charge is 0.255 e. The molecule has 0 saturated heterocycles. The highest BCUT2D eigenvalue weighted by Gasteiger charge is 2.10. The third-order valence-electron chi connectivity index (χ3n) is 5.12. The summed E-state index contributed by atoms with van der Waals surface area (Å²) in [6, 6.07) is 20.6. The Balaban J connectivity index is 1.69. The quantitative estimate of drug-likeness (QED) is 0.538. The summed E-state index contributed by atoms with van der Waals surface area (Å²) in [7, 11) is 0. The molecule has 0 unspecified atom stereocenters. The minimum absolute atomic E-state index is 0.0586. The van der Waals surface area contributed by atoms with Gasteiger partial charge in [0, 0.05) is 31.0 Å². The second-order valence-electron chi connectivity index (χ2n) is 7.58. The molecule has 2 heterocycles. The van der Waals surface area contributed by atoms with Crippen molar-refractivity contribution in [3.05, 3.63) is 111 Å². The summed E-state index contributed by atoms with van der Waals surface area (Å²) in [5, 5.41) is 4.47. The largest absolute Gasteiger partial charge is 0.308 e. The van der Waals surface area contributed by atoms with Gasteiger partial charge in [0.05, 0.1) is 12.1 Å². The molecule has 0 aliphatic carbocycles. The number of rotatable bonds is 6. The molecule has 0 radical (unpaired) electrons. The van der Waals surface area contributed by atoms with E-state index in [1.807, 2.05) is 35.0 Å². The van der Waals surface area contributed by atoms with Gasteiger partial charge >= 0.3 is 0 Å². The van der Waals surface area contributed by atoms with Crippen LogP contribution in [0.5, 0.6) is 0 Å². The molecule has 2 aromatic heterocycles. The Morgan fingerprint density at radius 1 is 0.897 bits per heavy atom. The monoisotopic (exact) mass is 383 g/mol. The molecule has 0 aliphatic rings. The summed E-state index contributed by atoms with van der Waals surface area (Å²) in [5.41, 5.74) is 6.40. The SMILES string of the molecule is Cc1cccc(Cn2c(=O)c(CNCc3cccnc3)cc3ccc(C)cc32)c1. The molecular weight excluding hydrogens is 358 g/mol. The number of benzene rings is 2. The first-order valence-electron chi connectivity index (χ1n) is 9.88. The third kappa shape index (κ3) is 4.44. The molecule has 29 heavy (non-hydrogen) atoms. The van der Waals surface area contributed by atoms with E-state index >= 15 is 0 Å². The highest BCUT2D eigenvalue weighted by molar-refractivity contribution is 5.80. The predicted molar refractivity (Wildman–Crippen MR) is 118 cm³/mol. The molecule has 4 heteroatoms. The fourth-order valence-corrected chi connectivity index (χ4v) is 3.66. The summed E-state index contributed by atoms with van der Waals surface area (Å²) in [4.78, 5) is 17.5. The number of hydrogen-bond acceptors (Lipinski definition) is 3. The fourth-order valence-electron chi connectivity index (χ4n) is 3.66. The van der Waals surface area contributed by atoms with E-state index in [2.05, 4.69) is 60.5 Å². The summed E-state index contributed by atoms with van der Waals surface area (Å²) in [6.07, 6.45) is 3.60. The molecule has 4 rings (SSSR count). The molecule has 0 fully saturated rings. The van der Waals surface area contributed by atoms with Crippen molar-refractivity contribution >= 4 is 10.9 Å². The molecule has 0 amide bonds. The Morgan fingerprint density at radius 2 is 1.72 bits per heavy atom. The van der Waals surface area contributed by atoms with Crippen LogP contribution < -0.4 is 10.9 Å². The summed E-state index contributed by atoms with van der Waals surface area (Å²) >= 11 is 0. The van der Waals surface area contributed by atoms with Gasteiger partial charge in [0.2, 0.25) is 0 Å². The van der Waals surface area contributed by atoms with Crippen molar-refractivity contribution in [2.75, 3.05) is 0 Å². The zero-order valence-corrected chi connectivity index (χ0v) is 16.9. The molecule has 0 bridgehead atoms. The molecule has 0 saturated carbocycles. The Kier molecular flexibility index (Phi) is 5.54. The molecule has 0 spiro atoms. The van der Waals surface area contributed by atoms with E-state index in [0.29, 0.717) is 19.6 Å². The van der Waals surface area contributed by atoms with Crippen LogP contribution in [-0.4, -0.2) is 9.55 Å². The number of aromatic nitrogens is 2. The van der Waals surface area contributed by atoms with Crippen molar-refractivity contribution in [3.63, 3.8) is 0 Å². The average molecular weight is 383 g/mol. The van der Waals surface area contributed by atoms with E-state index in [4.69, 9.17) is 0 Å². The second-order valence-corrected chi connectivity index (χ2v) is 7.58. The second kappa shape index (κ2) is 8.41. The molecule has 4 nitrogen and oxygen atoms in total. The normalized spacial score (nSPS) is 11.1. The molecule has 0 aliphatic heterocycles. The van der Waals surface area contributed by atoms with Crippen LogP contribution in [0.3, 0.4) is 0 Å². The summed E-state index contributed by atoms with van der Waals surface area (Å²) < 4.78 is 1.90. The van der Waals surface area contributed by atoms with E-state index in [1.165, 1.54) is 5.56 Å². The van der Waals surface area contributed by atoms with Crippen LogP contribution in [0.25, 0.3) is 10.9 Å². The van der Waals surface area contributed by atoms with E-state index in [1.54, 1.807) is 6.20 Å². The number of hydrogen-bond donors (Lipinski definition) is 1. The van der Waals surface area contributed by atoms with Gasteiger partial charge in [-0.15, -0.1) is 0 Å². The van der Waals surface area contributed by atoms with Gasteiger partial charge in [0.1, 0.15) is 0 Å². The highest BCUT2D eigenvalue weighted by Crippen LogP contribution is 2.18. The van der Waals surface area contributed by atoms with Crippen molar-refractivity contribution in [1.29, 1.82) is 0 Å². The van der Waals surface area contributed by atoms with E-state index in [-0.39, 0.29) is 5.56 Å². The van der Waals surface area contributed by atoms with Crippen molar-refractivity contribution in [1.82, 2.24) is 14.9 Å². The van der Waals surface area contributed by atoms with Gasteiger partial charge in [0.25, 0.3) is 5.56 Å². The van der Waals surface area contributed by atoms with Crippen LogP contribution in [0, 0.1) is 13.8 Å². The van der Waals surface area contributed by atoms with Gasteiger partial charge in [-0.3, -0.25) is 9.78 Å². The zero-order chi connectivity index (χ0) is 20.2. The number of fused-ring (bicyclic) bond motifs is 1. The van der Waals surface area contributed by atoms with Gasteiger partial charge in [0.15, 0.2) is 0 Å². The maximum Gasteiger partial charge on any atom is 0.255 e. The lowest BCUT2D eigenvalue weighted by atomic mass is 10.1. The van der Waals surface area contributed by atoms with Crippen LogP contribution in [0.1, 0.15) is 27.8 Å². The standard InChI is InChI=1S/C25H25N3O/c1-18-5-3-6-20(11-18)17-28-24-12-19(2)8-9-22(24)13-23(25(28)29)16-27-15-21-7-4-10-26-14-21/h3-14,27H,15-17H2,1-2H3. The topological polar surface area (TPSA) is 46.9 Å². The van der Waals surface area contributed by atoms with E-state index < -0.39 is 0 Å². The van der Waals surface area contributed by atoms with Gasteiger partial charge < -0.3 is 9.88 Å². The number of nitrogens with one attached hydrogen (secondary N) is 1. The van der Waals surface area contributed by atoms with Crippen LogP contribution in [0.4, 0.5) is 0 Å². The lowest BCUT2D eigenvalue weighted by Gasteiger charge is -2.15. The fraction of sp³-hybridized carbons (Fsp3) is 0.200. The minimum Gasteiger partial charge on any atom is -0.308 e. The van der Waals surface area contributed by atoms with Crippen LogP contribution >= 0.6 is 0 Å². The van der Waals surface area contributed by atoms with Crippen molar-refractivity contribution in [2.24, 2.45) is 0 Å². The molecular formula is C25H25N3O. The first kappa shape index (κ1) is 19.1. The molecule has 1 N–H and O–H groups in total. The maximum atomic E-state index is 13.3. The van der Waals surface area contributed by atoms with Crippen molar-refractivity contribution in [2.45, 2.75) is 33.5 Å². The average Bonchev–Trinajstić information content (AvgIpc) is 2.72. The van der Waals surface area contributed by atoms with E-state index in [0.717, 1.165) is 33.2 Å². The van der Waals surface area contributed by atoms with Crippen LogP contribution in [-0.2, 0) is 19.6 Å². The Bertz CT molecular complexity index is 1200. The first-order chi connectivity index (χ1) is 14.1. The Labute approximate surface area is 170 Å². The van der Waals surface area contributed by atoms with Crippen molar-refractivity contribution in [3.8, 4) is 0 Å². The molecule has 2 aromatic carbocycles. The summed E-state index contributed by atoms with van der Waals surface area (Å²) in [5.74, 6) is 0. The van der Waals surface area contributed by atoms with Gasteiger partial charge in [-0.05, 0) is 54.1 Å². The lowest BCUT2D eigenvalue weighted by molar-refractivity contribution is 0.674. The van der Waals surface area contributed by atoms with Gasteiger partial charge in [-0.1, -0.05) is 48.0 Å². The molecule has 4 aromatic rings. The Morgan fingerprint density at radius 3 is 2.52 bits per heavy atom. The van der Waals surface area contributed by atoms with Gasteiger partial charge in [-0.2, -0.15) is 0 Å². The predicted octanol–water partition coefficient (Wildman–Crippen LogP) is 4.35. The van der Waals surface area contributed by atoms with Gasteiger partial charge in [-0.25, -0.2) is 0 Å². The number of pyridine rings is 2. The van der Waals surface area contributed by atoms with Crippen molar-refractivity contribution < 1.29 is 0 Å². The highest BCUT2D eigenvalue weighted by atomic mass is 16.1. The third-order valence-corrected chi connectivity index (χ3v) is 5.12. The first-order valence-corrected chi connectivity index (χ1v) is 9.88. The van der Waals surface area contributed by atoms with E-state index in [9.17, 15) is 4.79 Å². The molecule has 0 atom stereocenters. The summed E-state index contributed by atoms with van der Waals surface area (Å²) in [6.45, 7) is 5.90. The van der Waals surface area contributed by atoms with Crippen LogP contribution in [0.15, 0.2) is 77.9 Å². The minimum atomic E-state index is 0.0586. The Hall–Kier alpha value is -3.24. The molecule has 146 valence electrons. The number of nitrogens with zero attached hydrogens (tertiary/aromatic N) is 2.